The summed E-state index contributed by atoms with van der Waals surface area (Å²) >= 11 is 0. The van der Waals surface area contributed by atoms with Crippen molar-refractivity contribution in [2.45, 2.75) is 19.3 Å². The van der Waals surface area contributed by atoms with Crippen molar-refractivity contribution in [2.24, 2.45) is 0 Å². The van der Waals surface area contributed by atoms with E-state index in [2.05, 4.69) is 33.0 Å². The third-order valence-corrected chi connectivity index (χ3v) is 3.46. The summed E-state index contributed by atoms with van der Waals surface area (Å²) in [7, 11) is 0. The Bertz CT molecular complexity index is 756. The second-order valence-corrected chi connectivity index (χ2v) is 5.19. The van der Waals surface area contributed by atoms with Crippen molar-refractivity contribution in [1.29, 1.82) is 0 Å². The first-order chi connectivity index (χ1) is 11.3. The highest BCUT2D eigenvalue weighted by Crippen LogP contribution is 2.14. The first-order valence-corrected chi connectivity index (χ1v) is 7.48. The molecule has 0 radical (unpaired) electrons. The van der Waals surface area contributed by atoms with E-state index in [1.165, 1.54) is 11.9 Å². The average Bonchev–Trinajstić information content (AvgIpc) is 3.11. The quantitative estimate of drug-likeness (QED) is 0.760. The molecule has 1 heterocycles. The molecule has 0 saturated heterocycles. The molecule has 1 amide bonds. The molecule has 6 heteroatoms. The van der Waals surface area contributed by atoms with Crippen LogP contribution in [0.5, 0.6) is 0 Å². The molecule has 23 heavy (non-hydrogen) atoms. The number of anilines is 1. The molecule has 1 N–H and O–H groups in total. The molecule has 3 rings (SSSR count). The maximum absolute atomic E-state index is 12.0. The molecule has 0 fully saturated rings. The maximum atomic E-state index is 12.0. The van der Waals surface area contributed by atoms with Crippen molar-refractivity contribution in [3.63, 3.8) is 0 Å². The van der Waals surface area contributed by atoms with E-state index < -0.39 is 0 Å². The van der Waals surface area contributed by atoms with Crippen LogP contribution in [0.1, 0.15) is 18.4 Å². The number of nitrogens with one attached hydrogen (secondary N) is 1. The van der Waals surface area contributed by atoms with E-state index in [9.17, 15) is 4.79 Å². The molecule has 3 aromatic rings. The van der Waals surface area contributed by atoms with Crippen LogP contribution in [0.15, 0.2) is 60.9 Å². The van der Waals surface area contributed by atoms with Crippen LogP contribution in [0.2, 0.25) is 0 Å². The van der Waals surface area contributed by atoms with Crippen molar-refractivity contribution in [1.82, 2.24) is 20.2 Å². The SMILES string of the molecule is O=C(CCCc1ccccc1)Nc1cccc(-n2cnnn2)c1. The smallest absolute Gasteiger partial charge is 0.224 e. The van der Waals surface area contributed by atoms with Crippen molar-refractivity contribution in [2.75, 3.05) is 5.32 Å². The minimum absolute atomic E-state index is 0.00907. The summed E-state index contributed by atoms with van der Waals surface area (Å²) in [6.45, 7) is 0. The number of aromatic nitrogens is 4. The second kappa shape index (κ2) is 7.31. The third-order valence-electron chi connectivity index (χ3n) is 3.46. The number of aryl methyl sites for hydroxylation is 1. The molecule has 0 aliphatic carbocycles. The number of carbonyl (C=O) groups is 1. The molecule has 0 unspecified atom stereocenters. The van der Waals surface area contributed by atoms with Gasteiger partial charge in [-0.1, -0.05) is 36.4 Å². The molecule has 0 aliphatic heterocycles. The summed E-state index contributed by atoms with van der Waals surface area (Å²) in [6.07, 6.45) is 3.73. The zero-order chi connectivity index (χ0) is 15.9. The molecule has 0 atom stereocenters. The zero-order valence-corrected chi connectivity index (χ0v) is 12.6. The van der Waals surface area contributed by atoms with Crippen LogP contribution in [-0.4, -0.2) is 26.1 Å². The van der Waals surface area contributed by atoms with Crippen LogP contribution in [-0.2, 0) is 11.2 Å². The van der Waals surface area contributed by atoms with Gasteiger partial charge in [0, 0.05) is 12.1 Å². The van der Waals surface area contributed by atoms with Gasteiger partial charge in [0.25, 0.3) is 0 Å². The van der Waals surface area contributed by atoms with Gasteiger partial charge in [-0.3, -0.25) is 4.79 Å². The number of tetrazole rings is 1. The van der Waals surface area contributed by atoms with Crippen molar-refractivity contribution in [3.05, 3.63) is 66.5 Å². The predicted molar refractivity (Wildman–Crippen MR) is 87.2 cm³/mol. The van der Waals surface area contributed by atoms with Crippen LogP contribution in [0, 0.1) is 0 Å². The van der Waals surface area contributed by atoms with Gasteiger partial charge in [-0.25, -0.2) is 4.68 Å². The molecular weight excluding hydrogens is 290 g/mol. The Hall–Kier alpha value is -3.02. The van der Waals surface area contributed by atoms with Crippen LogP contribution in [0.4, 0.5) is 5.69 Å². The summed E-state index contributed by atoms with van der Waals surface area (Å²) in [5.41, 5.74) is 2.79. The average molecular weight is 307 g/mol. The molecule has 6 nitrogen and oxygen atoms in total. The first kappa shape index (κ1) is 14.9. The lowest BCUT2D eigenvalue weighted by atomic mass is 10.1. The van der Waals surface area contributed by atoms with Crippen molar-refractivity contribution < 1.29 is 4.79 Å². The number of benzene rings is 2. The van der Waals surface area contributed by atoms with Crippen LogP contribution in [0.3, 0.4) is 0 Å². The summed E-state index contributed by atoms with van der Waals surface area (Å²) in [5.74, 6) is 0.00907. The van der Waals surface area contributed by atoms with E-state index >= 15 is 0 Å². The predicted octanol–water partition coefficient (Wildman–Crippen LogP) is 2.62. The molecular formula is C17H17N5O. The van der Waals surface area contributed by atoms with Gasteiger partial charge in [0.15, 0.2) is 0 Å². The zero-order valence-electron chi connectivity index (χ0n) is 12.6. The molecule has 1 aromatic heterocycles. The molecule has 0 saturated carbocycles. The normalized spacial score (nSPS) is 10.4. The standard InChI is InChI=1S/C17H17N5O/c23-17(11-4-8-14-6-2-1-3-7-14)19-15-9-5-10-16(12-15)22-13-18-20-21-22/h1-3,5-7,9-10,12-13H,4,8,11H2,(H,19,23). The number of rotatable bonds is 6. The Kier molecular flexibility index (Phi) is 4.73. The lowest BCUT2D eigenvalue weighted by molar-refractivity contribution is -0.116. The molecule has 0 spiro atoms. The van der Waals surface area contributed by atoms with E-state index in [4.69, 9.17) is 0 Å². The Morgan fingerprint density at radius 2 is 1.96 bits per heavy atom. The fourth-order valence-corrected chi connectivity index (χ4v) is 2.33. The van der Waals surface area contributed by atoms with Gasteiger partial charge in [-0.15, -0.1) is 5.10 Å². The van der Waals surface area contributed by atoms with Crippen LogP contribution in [0.25, 0.3) is 5.69 Å². The maximum Gasteiger partial charge on any atom is 0.224 e. The van der Waals surface area contributed by atoms with Crippen molar-refractivity contribution in [3.8, 4) is 5.69 Å². The molecule has 116 valence electrons. The highest BCUT2D eigenvalue weighted by molar-refractivity contribution is 5.90. The summed E-state index contributed by atoms with van der Waals surface area (Å²) in [4.78, 5) is 12.0. The molecule has 0 aliphatic rings. The Balaban J connectivity index is 1.53. The van der Waals surface area contributed by atoms with E-state index in [-0.39, 0.29) is 5.91 Å². The summed E-state index contributed by atoms with van der Waals surface area (Å²) < 4.78 is 1.55. The van der Waals surface area contributed by atoms with Gasteiger partial charge in [0.1, 0.15) is 6.33 Å². The lowest BCUT2D eigenvalue weighted by Crippen LogP contribution is -2.11. The van der Waals surface area contributed by atoms with Crippen molar-refractivity contribution >= 4 is 11.6 Å². The van der Waals surface area contributed by atoms with E-state index in [0.29, 0.717) is 6.42 Å². The van der Waals surface area contributed by atoms with Crippen LogP contribution < -0.4 is 5.32 Å². The third kappa shape index (κ3) is 4.23. The monoisotopic (exact) mass is 307 g/mol. The number of carbonyl (C=O) groups excluding carboxylic acids is 1. The van der Waals surface area contributed by atoms with Gasteiger partial charge in [0.2, 0.25) is 5.91 Å². The summed E-state index contributed by atoms with van der Waals surface area (Å²) in [5, 5.41) is 13.9. The minimum Gasteiger partial charge on any atom is -0.326 e. The Morgan fingerprint density at radius 3 is 2.74 bits per heavy atom. The number of hydrogen-bond donors (Lipinski definition) is 1. The van der Waals surface area contributed by atoms with Gasteiger partial charge in [0.05, 0.1) is 5.69 Å². The fraction of sp³-hybridized carbons (Fsp3) is 0.176. The lowest BCUT2D eigenvalue weighted by Gasteiger charge is -2.07. The minimum atomic E-state index is 0.00907. The number of hydrogen-bond acceptors (Lipinski definition) is 4. The second-order valence-electron chi connectivity index (χ2n) is 5.19. The number of amides is 1. The van der Waals surface area contributed by atoms with Gasteiger partial charge < -0.3 is 5.32 Å². The fourth-order valence-electron chi connectivity index (χ4n) is 2.33. The summed E-state index contributed by atoms with van der Waals surface area (Å²) in [6, 6.07) is 17.6. The van der Waals surface area contributed by atoms with E-state index in [1.54, 1.807) is 4.68 Å². The van der Waals surface area contributed by atoms with E-state index in [1.807, 2.05) is 42.5 Å². The topological polar surface area (TPSA) is 72.7 Å². The molecule has 0 bridgehead atoms. The van der Waals surface area contributed by atoms with Crippen LogP contribution >= 0.6 is 0 Å². The Labute approximate surface area is 134 Å². The largest absolute Gasteiger partial charge is 0.326 e. The Morgan fingerprint density at radius 1 is 1.09 bits per heavy atom. The first-order valence-electron chi connectivity index (χ1n) is 7.48. The van der Waals surface area contributed by atoms with Gasteiger partial charge in [-0.05, 0) is 47.0 Å². The van der Waals surface area contributed by atoms with Gasteiger partial charge in [-0.2, -0.15) is 0 Å². The van der Waals surface area contributed by atoms with Gasteiger partial charge >= 0.3 is 0 Å². The number of nitrogens with zero attached hydrogens (tertiary/aromatic N) is 4. The highest BCUT2D eigenvalue weighted by Gasteiger charge is 2.05. The van der Waals surface area contributed by atoms with E-state index in [0.717, 1.165) is 24.2 Å². The highest BCUT2D eigenvalue weighted by atomic mass is 16.1. The molecule has 2 aromatic carbocycles.